The first-order chi connectivity index (χ1) is 15.2. The average molecular weight is 424 g/mol. The summed E-state index contributed by atoms with van der Waals surface area (Å²) in [5.74, 6) is 3.28. The van der Waals surface area contributed by atoms with Gasteiger partial charge in [-0.15, -0.1) is 0 Å². The number of carbonyl (C=O) groups excluding carboxylic acids is 1. The fourth-order valence-electron chi connectivity index (χ4n) is 4.58. The fraction of sp³-hybridized carbons (Fsp3) is 0.458. The second-order valence-corrected chi connectivity index (χ2v) is 8.42. The van der Waals surface area contributed by atoms with Crippen LogP contribution in [-0.2, 0) is 0 Å². The van der Waals surface area contributed by atoms with Crippen LogP contribution in [0.3, 0.4) is 0 Å². The number of methoxy groups -OCH3 is 1. The van der Waals surface area contributed by atoms with Gasteiger partial charge in [-0.1, -0.05) is 0 Å². The first-order valence-corrected chi connectivity index (χ1v) is 10.9. The minimum atomic E-state index is -0.255. The Kier molecular flexibility index (Phi) is 5.59. The number of nitrogens with zero attached hydrogens (tertiary/aromatic N) is 1. The molecule has 0 aromatic heterocycles. The molecule has 4 heterocycles. The van der Waals surface area contributed by atoms with E-state index in [0.29, 0.717) is 36.2 Å². The number of piperidine rings is 3. The molecule has 2 aromatic rings. The maximum Gasteiger partial charge on any atom is 0.251 e. The highest BCUT2D eigenvalue weighted by Crippen LogP contribution is 2.33. The summed E-state index contributed by atoms with van der Waals surface area (Å²) >= 11 is 0. The second-order valence-electron chi connectivity index (χ2n) is 8.42. The number of rotatable bonds is 6. The SMILES string of the molecule is COc1ccc(OC[C@H]2COc3ccc(C(=O)N[C@H]4CN5CCC4CC5)cc3O2)cc1. The fourth-order valence-corrected chi connectivity index (χ4v) is 4.58. The molecule has 0 radical (unpaired) electrons. The first-order valence-electron chi connectivity index (χ1n) is 10.9. The summed E-state index contributed by atoms with van der Waals surface area (Å²) in [6.45, 7) is 4.00. The smallest absolute Gasteiger partial charge is 0.251 e. The predicted molar refractivity (Wildman–Crippen MR) is 115 cm³/mol. The summed E-state index contributed by atoms with van der Waals surface area (Å²) in [4.78, 5) is 15.3. The van der Waals surface area contributed by atoms with Gasteiger partial charge in [0, 0.05) is 18.2 Å². The van der Waals surface area contributed by atoms with Crippen molar-refractivity contribution < 1.29 is 23.7 Å². The van der Waals surface area contributed by atoms with Gasteiger partial charge in [-0.2, -0.15) is 0 Å². The molecule has 7 heteroatoms. The van der Waals surface area contributed by atoms with Crippen LogP contribution in [0.1, 0.15) is 23.2 Å². The molecule has 0 spiro atoms. The predicted octanol–water partition coefficient (Wildman–Crippen LogP) is 2.74. The Morgan fingerprint density at radius 3 is 2.58 bits per heavy atom. The Morgan fingerprint density at radius 2 is 1.87 bits per heavy atom. The van der Waals surface area contributed by atoms with E-state index < -0.39 is 0 Å². The zero-order valence-corrected chi connectivity index (χ0v) is 17.7. The lowest BCUT2D eigenvalue weighted by Crippen LogP contribution is -2.57. The van der Waals surface area contributed by atoms with Crippen molar-refractivity contribution in [3.05, 3.63) is 48.0 Å². The summed E-state index contributed by atoms with van der Waals surface area (Å²) in [5, 5.41) is 3.23. The van der Waals surface area contributed by atoms with Gasteiger partial charge in [0.05, 0.1) is 7.11 Å². The molecule has 31 heavy (non-hydrogen) atoms. The van der Waals surface area contributed by atoms with Gasteiger partial charge >= 0.3 is 0 Å². The number of ether oxygens (including phenoxy) is 4. The van der Waals surface area contributed by atoms with E-state index in [1.165, 1.54) is 12.8 Å². The monoisotopic (exact) mass is 424 g/mol. The van der Waals surface area contributed by atoms with E-state index in [4.69, 9.17) is 18.9 Å². The molecular formula is C24H28N2O5. The highest BCUT2D eigenvalue weighted by molar-refractivity contribution is 5.95. The van der Waals surface area contributed by atoms with E-state index in [2.05, 4.69) is 10.2 Å². The van der Waals surface area contributed by atoms with E-state index in [9.17, 15) is 4.79 Å². The number of nitrogens with one attached hydrogen (secondary N) is 1. The lowest BCUT2D eigenvalue weighted by atomic mass is 9.84. The Labute approximate surface area is 182 Å². The molecule has 1 N–H and O–H groups in total. The standard InChI is InChI=1S/C24H28N2O5/c1-28-18-3-5-19(6-4-18)29-14-20-15-30-22-7-2-17(12-23(22)31-20)24(27)25-21-13-26-10-8-16(21)9-11-26/h2-7,12,16,20-21H,8-11,13-15H2,1H3,(H,25,27)/t20-,21-/m0/s1. The van der Waals surface area contributed by atoms with Crippen molar-refractivity contribution in [3.63, 3.8) is 0 Å². The molecule has 4 aliphatic rings. The normalized spacial score (nSPS) is 26.2. The summed E-state index contributed by atoms with van der Waals surface area (Å²) in [6, 6.07) is 13.0. The third-order valence-corrected chi connectivity index (χ3v) is 6.39. The van der Waals surface area contributed by atoms with Crippen LogP contribution >= 0.6 is 0 Å². The number of fused-ring (bicyclic) bond motifs is 4. The molecule has 2 aromatic carbocycles. The summed E-state index contributed by atoms with van der Waals surface area (Å²) in [5.41, 5.74) is 0.593. The van der Waals surface area contributed by atoms with Crippen molar-refractivity contribution in [1.29, 1.82) is 0 Å². The van der Waals surface area contributed by atoms with Crippen LogP contribution in [0.25, 0.3) is 0 Å². The lowest BCUT2D eigenvalue weighted by Gasteiger charge is -2.44. The van der Waals surface area contributed by atoms with Gasteiger partial charge in [0.15, 0.2) is 17.6 Å². The molecule has 7 nitrogen and oxygen atoms in total. The number of benzene rings is 2. The van der Waals surface area contributed by atoms with E-state index in [1.54, 1.807) is 25.3 Å². The summed E-state index contributed by atoms with van der Waals surface area (Å²) in [7, 11) is 1.63. The van der Waals surface area contributed by atoms with Crippen molar-refractivity contribution in [1.82, 2.24) is 10.2 Å². The van der Waals surface area contributed by atoms with Crippen LogP contribution in [0.2, 0.25) is 0 Å². The van der Waals surface area contributed by atoms with E-state index in [0.717, 1.165) is 31.1 Å². The molecule has 3 fully saturated rings. The van der Waals surface area contributed by atoms with Crippen LogP contribution in [0.5, 0.6) is 23.0 Å². The van der Waals surface area contributed by atoms with Gasteiger partial charge in [0.2, 0.25) is 0 Å². The minimum Gasteiger partial charge on any atom is -0.497 e. The molecule has 0 unspecified atom stereocenters. The highest BCUT2D eigenvalue weighted by Gasteiger charge is 2.35. The Balaban J connectivity index is 1.19. The third kappa shape index (κ3) is 4.42. The summed E-state index contributed by atoms with van der Waals surface area (Å²) < 4.78 is 22.9. The minimum absolute atomic E-state index is 0.0539. The molecule has 0 aliphatic carbocycles. The molecule has 2 bridgehead atoms. The van der Waals surface area contributed by atoms with Crippen molar-refractivity contribution in [2.24, 2.45) is 5.92 Å². The number of amides is 1. The van der Waals surface area contributed by atoms with E-state index in [1.807, 2.05) is 24.3 Å². The molecule has 1 amide bonds. The maximum atomic E-state index is 12.9. The first kappa shape index (κ1) is 20.0. The van der Waals surface area contributed by atoms with Gasteiger partial charge in [0.1, 0.15) is 24.7 Å². The van der Waals surface area contributed by atoms with Crippen LogP contribution in [0.4, 0.5) is 0 Å². The second kappa shape index (κ2) is 8.67. The van der Waals surface area contributed by atoms with Gasteiger partial charge in [-0.25, -0.2) is 0 Å². The van der Waals surface area contributed by atoms with E-state index >= 15 is 0 Å². The Bertz CT molecular complexity index is 924. The maximum absolute atomic E-state index is 12.9. The Morgan fingerprint density at radius 1 is 1.10 bits per heavy atom. The number of hydrogen-bond acceptors (Lipinski definition) is 6. The van der Waals surface area contributed by atoms with Crippen molar-refractivity contribution >= 4 is 5.91 Å². The van der Waals surface area contributed by atoms with Gasteiger partial charge < -0.3 is 29.2 Å². The topological polar surface area (TPSA) is 69.3 Å². The van der Waals surface area contributed by atoms with Gasteiger partial charge in [-0.05, 0) is 74.3 Å². The molecule has 164 valence electrons. The largest absolute Gasteiger partial charge is 0.497 e. The molecule has 4 aliphatic heterocycles. The average Bonchev–Trinajstić information content (AvgIpc) is 2.83. The Hall–Kier alpha value is -2.93. The van der Waals surface area contributed by atoms with Gasteiger partial charge in [0.25, 0.3) is 5.91 Å². The zero-order chi connectivity index (χ0) is 21.2. The molecular weight excluding hydrogens is 396 g/mol. The zero-order valence-electron chi connectivity index (χ0n) is 17.7. The molecule has 2 atom stereocenters. The number of carbonyl (C=O) groups is 1. The van der Waals surface area contributed by atoms with Crippen molar-refractivity contribution in [2.45, 2.75) is 25.0 Å². The molecule has 3 saturated heterocycles. The molecule has 6 rings (SSSR count). The van der Waals surface area contributed by atoms with Crippen molar-refractivity contribution in [3.8, 4) is 23.0 Å². The van der Waals surface area contributed by atoms with Crippen LogP contribution in [0, 0.1) is 5.92 Å². The third-order valence-electron chi connectivity index (χ3n) is 6.39. The quantitative estimate of drug-likeness (QED) is 0.769. The molecule has 0 saturated carbocycles. The lowest BCUT2D eigenvalue weighted by molar-refractivity contribution is 0.0530. The highest BCUT2D eigenvalue weighted by atomic mass is 16.6. The van der Waals surface area contributed by atoms with Crippen molar-refractivity contribution in [2.75, 3.05) is 40.0 Å². The van der Waals surface area contributed by atoms with Gasteiger partial charge in [-0.3, -0.25) is 4.79 Å². The van der Waals surface area contributed by atoms with E-state index in [-0.39, 0.29) is 18.1 Å². The van der Waals surface area contributed by atoms with Crippen LogP contribution < -0.4 is 24.3 Å². The van der Waals surface area contributed by atoms with Crippen LogP contribution in [0.15, 0.2) is 42.5 Å². The summed E-state index contributed by atoms with van der Waals surface area (Å²) in [6.07, 6.45) is 2.08. The van der Waals surface area contributed by atoms with Crippen LogP contribution in [-0.4, -0.2) is 62.9 Å². The number of hydrogen-bond donors (Lipinski definition) is 1.